The zero-order valence-electron chi connectivity index (χ0n) is 17.5. The van der Waals surface area contributed by atoms with Crippen LogP contribution < -0.4 is 0 Å². The third-order valence-corrected chi connectivity index (χ3v) is 10.1. The highest BCUT2D eigenvalue weighted by Gasteiger charge is 2.67. The van der Waals surface area contributed by atoms with E-state index in [1.54, 1.807) is 0 Å². The van der Waals surface area contributed by atoms with E-state index < -0.39 is 17.3 Å². The number of aliphatic hydroxyl groups is 3. The van der Waals surface area contributed by atoms with Crippen LogP contribution in [0.3, 0.4) is 0 Å². The van der Waals surface area contributed by atoms with Gasteiger partial charge in [-0.2, -0.15) is 0 Å². The van der Waals surface area contributed by atoms with Crippen molar-refractivity contribution >= 4 is 0 Å². The summed E-state index contributed by atoms with van der Waals surface area (Å²) in [5.41, 5.74) is 0.409. The van der Waals surface area contributed by atoms with Gasteiger partial charge in [-0.1, -0.05) is 25.5 Å². The molecule has 1 saturated heterocycles. The van der Waals surface area contributed by atoms with E-state index in [4.69, 9.17) is 9.78 Å². The molecule has 5 nitrogen and oxygen atoms in total. The Morgan fingerprint density at radius 3 is 2.50 bits per heavy atom. The second kappa shape index (κ2) is 6.04. The van der Waals surface area contributed by atoms with Gasteiger partial charge in [-0.3, -0.25) is 0 Å². The van der Waals surface area contributed by atoms with Crippen molar-refractivity contribution in [2.75, 3.05) is 6.61 Å². The molecule has 0 spiro atoms. The zero-order valence-corrected chi connectivity index (χ0v) is 17.5. The molecule has 5 aliphatic rings. The fraction of sp³-hybridized carbons (Fsp3) is 0.913. The van der Waals surface area contributed by atoms with Crippen molar-refractivity contribution in [2.45, 2.75) is 89.6 Å². The Kier molecular flexibility index (Phi) is 4.21. The second-order valence-corrected chi connectivity index (χ2v) is 11.0. The Bertz CT molecular complexity index is 680. The van der Waals surface area contributed by atoms with E-state index in [-0.39, 0.29) is 16.9 Å². The van der Waals surface area contributed by atoms with Crippen LogP contribution in [0, 0.1) is 34.5 Å². The summed E-state index contributed by atoms with van der Waals surface area (Å²) in [5, 5.41) is 32.5. The van der Waals surface area contributed by atoms with Gasteiger partial charge in [0.1, 0.15) is 11.7 Å². The Morgan fingerprint density at radius 1 is 1.00 bits per heavy atom. The largest absolute Gasteiger partial charge is 0.387 e. The lowest BCUT2D eigenvalue weighted by atomic mass is 9.45. The van der Waals surface area contributed by atoms with Crippen molar-refractivity contribution in [1.29, 1.82) is 0 Å². The summed E-state index contributed by atoms with van der Waals surface area (Å²) in [6, 6.07) is 0. The zero-order chi connectivity index (χ0) is 19.9. The van der Waals surface area contributed by atoms with E-state index >= 15 is 0 Å². The Labute approximate surface area is 168 Å². The van der Waals surface area contributed by atoms with Crippen LogP contribution in [0.2, 0.25) is 0 Å². The van der Waals surface area contributed by atoms with Gasteiger partial charge in [0.25, 0.3) is 0 Å². The highest BCUT2D eigenvalue weighted by molar-refractivity contribution is 5.29. The molecule has 5 rings (SSSR count). The van der Waals surface area contributed by atoms with Crippen LogP contribution in [0.4, 0.5) is 0 Å². The highest BCUT2D eigenvalue weighted by Crippen LogP contribution is 2.69. The summed E-state index contributed by atoms with van der Waals surface area (Å²) in [6.45, 7) is 7.34. The first-order chi connectivity index (χ1) is 13.1. The van der Waals surface area contributed by atoms with Crippen LogP contribution in [0.15, 0.2) is 11.6 Å². The third-order valence-electron chi connectivity index (χ3n) is 10.1. The summed E-state index contributed by atoms with van der Waals surface area (Å²) < 4.78 is 0. The quantitative estimate of drug-likeness (QED) is 0.362. The van der Waals surface area contributed by atoms with Crippen LogP contribution in [0.5, 0.6) is 0 Å². The van der Waals surface area contributed by atoms with E-state index in [2.05, 4.69) is 19.9 Å². The molecule has 8 atom stereocenters. The van der Waals surface area contributed by atoms with Gasteiger partial charge in [0.2, 0.25) is 0 Å². The lowest BCUT2D eigenvalue weighted by Gasteiger charge is -2.62. The SMILES string of the molecule is CC1([C@H]2CC[C@@H]3[C@@H]4CC=C5CCC(O)C(O)(O)[C@]5(C)[C@H]4CC[C@@]32C)CCOO1. The molecular formula is C23H36O5. The molecule has 4 fully saturated rings. The van der Waals surface area contributed by atoms with Gasteiger partial charge in [0, 0.05) is 11.8 Å². The molecule has 1 aliphatic heterocycles. The highest BCUT2D eigenvalue weighted by atomic mass is 17.2. The molecule has 0 aromatic rings. The molecule has 0 amide bonds. The van der Waals surface area contributed by atoms with E-state index in [0.717, 1.165) is 44.1 Å². The number of aliphatic hydroxyl groups excluding tert-OH is 1. The third kappa shape index (κ3) is 2.26. The maximum atomic E-state index is 11.0. The first-order valence-corrected chi connectivity index (χ1v) is 11.3. The lowest BCUT2D eigenvalue weighted by Crippen LogP contribution is -2.65. The van der Waals surface area contributed by atoms with E-state index in [0.29, 0.717) is 30.8 Å². The minimum absolute atomic E-state index is 0.200. The van der Waals surface area contributed by atoms with E-state index in [9.17, 15) is 15.3 Å². The van der Waals surface area contributed by atoms with Crippen LogP contribution in [-0.4, -0.2) is 39.4 Å². The molecule has 3 N–H and O–H groups in total. The van der Waals surface area contributed by atoms with Crippen molar-refractivity contribution in [3.63, 3.8) is 0 Å². The van der Waals surface area contributed by atoms with Crippen molar-refractivity contribution in [2.24, 2.45) is 34.5 Å². The Balaban J connectivity index is 1.50. The summed E-state index contributed by atoms with van der Waals surface area (Å²) >= 11 is 0. The molecule has 0 aromatic carbocycles. The van der Waals surface area contributed by atoms with Crippen LogP contribution in [0.25, 0.3) is 0 Å². The smallest absolute Gasteiger partial charge is 0.199 e. The van der Waals surface area contributed by atoms with E-state index in [1.807, 2.05) is 6.92 Å². The minimum Gasteiger partial charge on any atom is -0.387 e. The number of hydrogen-bond acceptors (Lipinski definition) is 5. The van der Waals surface area contributed by atoms with Crippen LogP contribution in [-0.2, 0) is 9.78 Å². The first kappa shape index (κ1) is 19.5. The topological polar surface area (TPSA) is 79.2 Å². The fourth-order valence-electron chi connectivity index (χ4n) is 8.47. The summed E-state index contributed by atoms with van der Waals surface area (Å²) in [7, 11) is 0. The molecule has 158 valence electrons. The van der Waals surface area contributed by atoms with Gasteiger partial charge in [-0.15, -0.1) is 0 Å². The summed E-state index contributed by atoms with van der Waals surface area (Å²) in [6.07, 6.45) is 8.80. The monoisotopic (exact) mass is 392 g/mol. The predicted molar refractivity (Wildman–Crippen MR) is 104 cm³/mol. The lowest BCUT2D eigenvalue weighted by molar-refractivity contribution is -0.326. The number of hydrogen-bond donors (Lipinski definition) is 3. The average molecular weight is 393 g/mol. The Hall–Kier alpha value is -0.460. The average Bonchev–Trinajstić information content (AvgIpc) is 3.23. The fourth-order valence-corrected chi connectivity index (χ4v) is 8.47. The summed E-state index contributed by atoms with van der Waals surface area (Å²) in [5.74, 6) is -0.353. The minimum atomic E-state index is -2.04. The second-order valence-electron chi connectivity index (χ2n) is 11.0. The van der Waals surface area contributed by atoms with Crippen molar-refractivity contribution < 1.29 is 25.1 Å². The standard InChI is InChI=1S/C23H36O5/c1-20-11-10-17-15(16(20)7-8-18(20)21(2)12-13-27-28-21)6-4-14-5-9-19(24)23(25,26)22(14,17)3/h4,15-19,24-26H,5-13H2,1-3H3/t15-,16+,17-,18-,19?,20-,21?,22-/m0/s1. The van der Waals surface area contributed by atoms with Crippen LogP contribution >= 0.6 is 0 Å². The van der Waals surface area contributed by atoms with Crippen LogP contribution in [0.1, 0.15) is 72.1 Å². The normalized spacial score (nSPS) is 55.2. The molecule has 0 bridgehead atoms. The molecular weight excluding hydrogens is 356 g/mol. The molecule has 0 aromatic heterocycles. The molecule has 1 heterocycles. The molecule has 28 heavy (non-hydrogen) atoms. The first-order valence-electron chi connectivity index (χ1n) is 11.3. The predicted octanol–water partition coefficient (Wildman–Crippen LogP) is 3.33. The maximum Gasteiger partial charge on any atom is 0.199 e. The molecule has 4 aliphatic carbocycles. The van der Waals surface area contributed by atoms with Crippen molar-refractivity contribution in [3.8, 4) is 0 Å². The van der Waals surface area contributed by atoms with Gasteiger partial charge < -0.3 is 15.3 Å². The summed E-state index contributed by atoms with van der Waals surface area (Å²) in [4.78, 5) is 11.1. The molecule has 5 heteroatoms. The van der Waals surface area contributed by atoms with Crippen molar-refractivity contribution in [1.82, 2.24) is 0 Å². The molecule has 0 radical (unpaired) electrons. The van der Waals surface area contributed by atoms with Gasteiger partial charge in [-0.05, 0) is 81.0 Å². The van der Waals surface area contributed by atoms with Gasteiger partial charge in [0.05, 0.1) is 6.61 Å². The molecule has 2 unspecified atom stereocenters. The van der Waals surface area contributed by atoms with Crippen molar-refractivity contribution in [3.05, 3.63) is 11.6 Å². The number of allylic oxidation sites excluding steroid dienone is 1. The Morgan fingerprint density at radius 2 is 1.79 bits per heavy atom. The van der Waals surface area contributed by atoms with Gasteiger partial charge >= 0.3 is 0 Å². The number of fused-ring (bicyclic) bond motifs is 5. The molecule has 3 saturated carbocycles. The van der Waals surface area contributed by atoms with E-state index in [1.165, 1.54) is 6.42 Å². The maximum absolute atomic E-state index is 11.0. The van der Waals surface area contributed by atoms with Gasteiger partial charge in [0.15, 0.2) is 5.79 Å². The van der Waals surface area contributed by atoms with Gasteiger partial charge in [-0.25, -0.2) is 9.78 Å². The number of rotatable bonds is 1.